The summed E-state index contributed by atoms with van der Waals surface area (Å²) in [6, 6.07) is 0.950. The lowest BCUT2D eigenvalue weighted by molar-refractivity contribution is -0.00862. The number of carbonyl (C=O) groups is 2. The second kappa shape index (κ2) is 7.49. The molecule has 3 saturated heterocycles. The third-order valence-corrected chi connectivity index (χ3v) is 7.71. The summed E-state index contributed by atoms with van der Waals surface area (Å²) in [6.45, 7) is 6.42. The maximum atomic E-state index is 12.6. The minimum atomic E-state index is -0.797. The highest BCUT2D eigenvalue weighted by Gasteiger charge is 2.44. The van der Waals surface area contributed by atoms with Crippen molar-refractivity contribution in [2.45, 2.75) is 75.9 Å². The number of carbonyl (C=O) groups excluding carboxylic acids is 1. The van der Waals surface area contributed by atoms with E-state index in [4.69, 9.17) is 0 Å². The SMILES string of the molecule is CC1(N2CCC(N3C(=O)NC[C@H]4CCCC[C@@H]43)CC2)CCN(C(=O)O)CC1. The lowest BCUT2D eigenvalue weighted by atomic mass is 9.80. The number of carboxylic acid groups (broad SMARTS) is 1. The number of hydrogen-bond acceptors (Lipinski definition) is 3. The largest absolute Gasteiger partial charge is 0.465 e. The minimum absolute atomic E-state index is 0.0917. The fraction of sp³-hybridized carbons (Fsp3) is 0.900. The van der Waals surface area contributed by atoms with Gasteiger partial charge >= 0.3 is 12.1 Å². The first-order valence-corrected chi connectivity index (χ1v) is 10.8. The first-order chi connectivity index (χ1) is 13.0. The van der Waals surface area contributed by atoms with Crippen molar-refractivity contribution in [3.05, 3.63) is 0 Å². The smallest absolute Gasteiger partial charge is 0.407 e. The van der Waals surface area contributed by atoms with E-state index < -0.39 is 6.09 Å². The summed E-state index contributed by atoms with van der Waals surface area (Å²) in [4.78, 5) is 30.1. The molecule has 0 radical (unpaired) electrons. The second-order valence-electron chi connectivity index (χ2n) is 9.19. The van der Waals surface area contributed by atoms with Crippen molar-refractivity contribution in [1.29, 1.82) is 0 Å². The Labute approximate surface area is 162 Å². The molecule has 0 aromatic rings. The molecule has 4 rings (SSSR count). The predicted octanol–water partition coefficient (Wildman–Crippen LogP) is 2.57. The van der Waals surface area contributed by atoms with E-state index in [0.29, 0.717) is 31.1 Å². The molecule has 2 N–H and O–H groups in total. The van der Waals surface area contributed by atoms with Crippen LogP contribution in [-0.2, 0) is 0 Å². The molecule has 0 bridgehead atoms. The Hall–Kier alpha value is -1.50. The molecule has 0 aromatic carbocycles. The summed E-state index contributed by atoms with van der Waals surface area (Å²) in [5.41, 5.74) is 0.0917. The van der Waals surface area contributed by atoms with Crippen LogP contribution in [0.15, 0.2) is 0 Å². The zero-order chi connectivity index (χ0) is 19.0. The van der Waals surface area contributed by atoms with E-state index in [2.05, 4.69) is 22.0 Å². The summed E-state index contributed by atoms with van der Waals surface area (Å²) >= 11 is 0. The molecule has 0 unspecified atom stereocenters. The third kappa shape index (κ3) is 3.62. The quantitative estimate of drug-likeness (QED) is 0.774. The Balaban J connectivity index is 1.36. The molecular formula is C20H34N4O3. The minimum Gasteiger partial charge on any atom is -0.465 e. The average Bonchev–Trinajstić information content (AvgIpc) is 2.68. The molecule has 4 aliphatic rings. The monoisotopic (exact) mass is 378 g/mol. The second-order valence-corrected chi connectivity index (χ2v) is 9.19. The van der Waals surface area contributed by atoms with E-state index in [1.807, 2.05) is 0 Å². The molecule has 3 aliphatic heterocycles. The number of fused-ring (bicyclic) bond motifs is 1. The number of nitrogens with zero attached hydrogens (tertiary/aromatic N) is 3. The van der Waals surface area contributed by atoms with Gasteiger partial charge in [0.05, 0.1) is 0 Å². The van der Waals surface area contributed by atoms with Gasteiger partial charge in [0.25, 0.3) is 0 Å². The number of urea groups is 1. The predicted molar refractivity (Wildman–Crippen MR) is 103 cm³/mol. The van der Waals surface area contributed by atoms with Gasteiger partial charge in [-0.2, -0.15) is 0 Å². The molecule has 7 heteroatoms. The maximum Gasteiger partial charge on any atom is 0.407 e. The Morgan fingerprint density at radius 2 is 1.74 bits per heavy atom. The zero-order valence-electron chi connectivity index (χ0n) is 16.5. The van der Waals surface area contributed by atoms with Gasteiger partial charge in [-0.1, -0.05) is 12.8 Å². The zero-order valence-corrected chi connectivity index (χ0v) is 16.5. The first-order valence-electron chi connectivity index (χ1n) is 10.8. The maximum absolute atomic E-state index is 12.6. The Kier molecular flexibility index (Phi) is 5.23. The van der Waals surface area contributed by atoms with E-state index in [0.717, 1.165) is 45.3 Å². The van der Waals surface area contributed by atoms with Gasteiger partial charge in [0.2, 0.25) is 0 Å². The number of hydrogen-bond donors (Lipinski definition) is 2. The van der Waals surface area contributed by atoms with Crippen LogP contribution in [0.25, 0.3) is 0 Å². The molecule has 0 spiro atoms. The van der Waals surface area contributed by atoms with Crippen molar-refractivity contribution in [3.8, 4) is 0 Å². The van der Waals surface area contributed by atoms with E-state index >= 15 is 0 Å². The van der Waals surface area contributed by atoms with Crippen LogP contribution >= 0.6 is 0 Å². The number of nitrogens with one attached hydrogen (secondary N) is 1. The van der Waals surface area contributed by atoms with E-state index in [1.165, 1.54) is 30.6 Å². The topological polar surface area (TPSA) is 76.1 Å². The van der Waals surface area contributed by atoms with Gasteiger partial charge in [-0.15, -0.1) is 0 Å². The van der Waals surface area contributed by atoms with Crippen LogP contribution in [0.2, 0.25) is 0 Å². The van der Waals surface area contributed by atoms with Crippen molar-refractivity contribution in [2.24, 2.45) is 5.92 Å². The highest BCUT2D eigenvalue weighted by atomic mass is 16.4. The van der Waals surface area contributed by atoms with E-state index in [9.17, 15) is 14.7 Å². The van der Waals surface area contributed by atoms with Gasteiger partial charge in [0.15, 0.2) is 0 Å². The summed E-state index contributed by atoms with van der Waals surface area (Å²) in [5, 5.41) is 12.3. The molecule has 27 heavy (non-hydrogen) atoms. The highest BCUT2D eigenvalue weighted by molar-refractivity contribution is 5.76. The van der Waals surface area contributed by atoms with Crippen molar-refractivity contribution in [3.63, 3.8) is 0 Å². The van der Waals surface area contributed by atoms with Crippen LogP contribution in [0.5, 0.6) is 0 Å². The lowest BCUT2D eigenvalue weighted by Crippen LogP contribution is -2.64. The van der Waals surface area contributed by atoms with Gasteiger partial charge < -0.3 is 20.2 Å². The van der Waals surface area contributed by atoms with Crippen molar-refractivity contribution in [1.82, 2.24) is 20.0 Å². The van der Waals surface area contributed by atoms with Crippen LogP contribution in [0.3, 0.4) is 0 Å². The molecule has 1 aliphatic carbocycles. The molecule has 2 atom stereocenters. The normalized spacial score (nSPS) is 32.7. The number of rotatable bonds is 2. The summed E-state index contributed by atoms with van der Waals surface area (Å²) in [6.07, 6.45) is 8.05. The summed E-state index contributed by atoms with van der Waals surface area (Å²) in [7, 11) is 0. The fourth-order valence-electron chi connectivity index (χ4n) is 5.87. The van der Waals surface area contributed by atoms with Crippen molar-refractivity contribution in [2.75, 3.05) is 32.7 Å². The van der Waals surface area contributed by atoms with Crippen LogP contribution in [0.4, 0.5) is 9.59 Å². The van der Waals surface area contributed by atoms with E-state index in [-0.39, 0.29) is 11.6 Å². The Bertz CT molecular complexity index is 568. The number of likely N-dealkylation sites (tertiary alicyclic amines) is 2. The molecule has 3 heterocycles. The van der Waals surface area contributed by atoms with Crippen LogP contribution in [0.1, 0.15) is 58.3 Å². The Morgan fingerprint density at radius 1 is 1.07 bits per heavy atom. The summed E-state index contributed by atoms with van der Waals surface area (Å²) < 4.78 is 0. The molecule has 3 amide bonds. The average molecular weight is 379 g/mol. The van der Waals surface area contributed by atoms with Gasteiger partial charge in [-0.05, 0) is 51.4 Å². The van der Waals surface area contributed by atoms with E-state index in [1.54, 1.807) is 0 Å². The molecule has 4 fully saturated rings. The fourth-order valence-corrected chi connectivity index (χ4v) is 5.87. The van der Waals surface area contributed by atoms with Gasteiger partial charge in [0.1, 0.15) is 0 Å². The lowest BCUT2D eigenvalue weighted by Gasteiger charge is -2.52. The number of piperidine rings is 2. The first kappa shape index (κ1) is 18.8. The standard InChI is InChI=1S/C20H34N4O3/c1-20(8-12-22(13-9-20)19(26)27)23-10-6-16(7-11-23)24-17-5-3-2-4-15(17)14-21-18(24)25/h15-17H,2-14H2,1H3,(H,21,25)(H,26,27)/t15-,17+/m1/s1. The van der Waals surface area contributed by atoms with Crippen LogP contribution < -0.4 is 5.32 Å². The van der Waals surface area contributed by atoms with Gasteiger partial charge in [-0.25, -0.2) is 9.59 Å². The van der Waals surface area contributed by atoms with Gasteiger partial charge in [-0.3, -0.25) is 4.90 Å². The summed E-state index contributed by atoms with van der Waals surface area (Å²) in [5.74, 6) is 0.632. The molecule has 0 aromatic heterocycles. The highest BCUT2D eigenvalue weighted by Crippen LogP contribution is 2.36. The molecular weight excluding hydrogens is 344 g/mol. The van der Waals surface area contributed by atoms with Crippen LogP contribution in [0, 0.1) is 5.92 Å². The Morgan fingerprint density at radius 3 is 2.41 bits per heavy atom. The van der Waals surface area contributed by atoms with Crippen molar-refractivity contribution < 1.29 is 14.7 Å². The van der Waals surface area contributed by atoms with Gasteiger partial charge in [0, 0.05) is 50.3 Å². The third-order valence-electron chi connectivity index (χ3n) is 7.71. The van der Waals surface area contributed by atoms with Crippen molar-refractivity contribution >= 4 is 12.1 Å². The molecule has 1 saturated carbocycles. The number of amides is 3. The molecule has 7 nitrogen and oxygen atoms in total. The molecule has 152 valence electrons. The van der Waals surface area contributed by atoms with Crippen LogP contribution in [-0.4, -0.2) is 82.3 Å².